The highest BCUT2D eigenvalue weighted by atomic mass is 79.9. The number of nitro groups is 1. The highest BCUT2D eigenvalue weighted by Gasteiger charge is 2.11. The largest absolute Gasteiger partial charge is 0.438 e. The van der Waals surface area contributed by atoms with Crippen molar-refractivity contribution in [1.82, 2.24) is 9.97 Å². The number of ether oxygens (including phenoxy) is 1. The van der Waals surface area contributed by atoms with E-state index in [9.17, 15) is 10.1 Å². The Kier molecular flexibility index (Phi) is 4.29. The fraction of sp³-hybridized carbons (Fsp3) is 0.231. The Morgan fingerprint density at radius 2 is 2.10 bits per heavy atom. The lowest BCUT2D eigenvalue weighted by molar-refractivity contribution is -0.384. The molecule has 7 heteroatoms. The van der Waals surface area contributed by atoms with Gasteiger partial charge in [0.05, 0.1) is 9.40 Å². The third kappa shape index (κ3) is 3.30. The maximum absolute atomic E-state index is 10.7. The number of nitro benzene ring substituents is 1. The lowest BCUT2D eigenvalue weighted by Crippen LogP contribution is -1.98. The minimum atomic E-state index is -0.460. The molecule has 1 aromatic heterocycles. The predicted molar refractivity (Wildman–Crippen MR) is 77.0 cm³/mol. The van der Waals surface area contributed by atoms with Gasteiger partial charge in [0.2, 0.25) is 5.88 Å². The van der Waals surface area contributed by atoms with Crippen LogP contribution < -0.4 is 4.74 Å². The maximum atomic E-state index is 10.7. The monoisotopic (exact) mass is 337 g/mol. The van der Waals surface area contributed by atoms with Crippen molar-refractivity contribution in [3.8, 4) is 11.6 Å². The summed E-state index contributed by atoms with van der Waals surface area (Å²) in [5.74, 6) is 1.51. The van der Waals surface area contributed by atoms with Crippen molar-refractivity contribution in [2.24, 2.45) is 0 Å². The molecule has 6 nitrogen and oxygen atoms in total. The summed E-state index contributed by atoms with van der Waals surface area (Å²) in [6.07, 6.45) is 0.779. The second-order valence-corrected chi connectivity index (χ2v) is 4.93. The summed E-state index contributed by atoms with van der Waals surface area (Å²) >= 11 is 3.25. The van der Waals surface area contributed by atoms with E-state index in [1.165, 1.54) is 18.2 Å². The molecule has 0 saturated carbocycles. The van der Waals surface area contributed by atoms with E-state index in [1.807, 2.05) is 6.92 Å². The quantitative estimate of drug-likeness (QED) is 0.626. The van der Waals surface area contributed by atoms with Gasteiger partial charge >= 0.3 is 0 Å². The highest BCUT2D eigenvalue weighted by molar-refractivity contribution is 9.10. The number of rotatable bonds is 4. The zero-order chi connectivity index (χ0) is 14.7. The molecular formula is C13H12BrN3O3. The van der Waals surface area contributed by atoms with E-state index in [4.69, 9.17) is 4.74 Å². The summed E-state index contributed by atoms with van der Waals surface area (Å²) in [4.78, 5) is 18.7. The van der Waals surface area contributed by atoms with Gasteiger partial charge in [-0.2, -0.15) is 4.98 Å². The smallest absolute Gasteiger partial charge is 0.270 e. The maximum Gasteiger partial charge on any atom is 0.270 e. The molecule has 0 spiro atoms. The van der Waals surface area contributed by atoms with Crippen LogP contribution in [0, 0.1) is 17.0 Å². The van der Waals surface area contributed by atoms with Crippen LogP contribution >= 0.6 is 15.9 Å². The number of aryl methyl sites for hydroxylation is 2. The van der Waals surface area contributed by atoms with Gasteiger partial charge in [-0.15, -0.1) is 0 Å². The topological polar surface area (TPSA) is 78.2 Å². The highest BCUT2D eigenvalue weighted by Crippen LogP contribution is 2.32. The summed E-state index contributed by atoms with van der Waals surface area (Å²) < 4.78 is 6.15. The SMILES string of the molecule is CCc1cc(Oc2ccc([N+](=O)[O-])cc2Br)nc(C)n1. The Morgan fingerprint density at radius 1 is 1.35 bits per heavy atom. The van der Waals surface area contributed by atoms with E-state index in [2.05, 4.69) is 25.9 Å². The molecule has 0 fully saturated rings. The number of hydrogen-bond donors (Lipinski definition) is 0. The van der Waals surface area contributed by atoms with Crippen molar-refractivity contribution < 1.29 is 9.66 Å². The van der Waals surface area contributed by atoms with Crippen LogP contribution in [0.25, 0.3) is 0 Å². The van der Waals surface area contributed by atoms with Gasteiger partial charge in [-0.3, -0.25) is 10.1 Å². The van der Waals surface area contributed by atoms with E-state index in [1.54, 1.807) is 13.0 Å². The number of nitrogens with zero attached hydrogens (tertiary/aromatic N) is 3. The van der Waals surface area contributed by atoms with Crippen molar-refractivity contribution in [2.75, 3.05) is 0 Å². The van der Waals surface area contributed by atoms with Gasteiger partial charge < -0.3 is 4.74 Å². The van der Waals surface area contributed by atoms with Crippen molar-refractivity contribution in [2.45, 2.75) is 20.3 Å². The molecule has 0 aliphatic heterocycles. The molecule has 104 valence electrons. The lowest BCUT2D eigenvalue weighted by Gasteiger charge is -2.08. The van der Waals surface area contributed by atoms with E-state index < -0.39 is 4.92 Å². The average molecular weight is 338 g/mol. The molecule has 0 bridgehead atoms. The molecule has 1 heterocycles. The Labute approximate surface area is 124 Å². The van der Waals surface area contributed by atoms with Crippen LogP contribution in [0.1, 0.15) is 18.4 Å². The van der Waals surface area contributed by atoms with Gasteiger partial charge in [0.1, 0.15) is 11.6 Å². The molecular weight excluding hydrogens is 326 g/mol. The van der Waals surface area contributed by atoms with Crippen molar-refractivity contribution in [3.05, 3.63) is 50.4 Å². The van der Waals surface area contributed by atoms with Crippen LogP contribution in [0.3, 0.4) is 0 Å². The van der Waals surface area contributed by atoms with Gasteiger partial charge in [-0.25, -0.2) is 4.98 Å². The van der Waals surface area contributed by atoms with Gasteiger partial charge in [0.25, 0.3) is 5.69 Å². The normalized spacial score (nSPS) is 10.3. The molecule has 0 atom stereocenters. The summed E-state index contributed by atoms with van der Waals surface area (Å²) in [6.45, 7) is 3.78. The minimum Gasteiger partial charge on any atom is -0.438 e. The molecule has 0 radical (unpaired) electrons. The molecule has 2 aromatic rings. The van der Waals surface area contributed by atoms with Crippen LogP contribution in [0.5, 0.6) is 11.6 Å². The number of non-ortho nitro benzene ring substituents is 1. The van der Waals surface area contributed by atoms with Crippen LogP contribution in [-0.4, -0.2) is 14.9 Å². The number of aromatic nitrogens is 2. The number of hydrogen-bond acceptors (Lipinski definition) is 5. The summed E-state index contributed by atoms with van der Waals surface area (Å²) in [6, 6.07) is 6.06. The molecule has 2 rings (SSSR count). The Bertz CT molecular complexity index is 661. The molecule has 1 aromatic carbocycles. The number of benzene rings is 1. The Hall–Kier alpha value is -2.02. The molecule has 20 heavy (non-hydrogen) atoms. The second-order valence-electron chi connectivity index (χ2n) is 4.07. The van der Waals surface area contributed by atoms with Gasteiger partial charge in [-0.1, -0.05) is 6.92 Å². The zero-order valence-corrected chi connectivity index (χ0v) is 12.5. The molecule has 0 aliphatic rings. The van der Waals surface area contributed by atoms with E-state index in [0.29, 0.717) is 21.9 Å². The Balaban J connectivity index is 2.30. The first-order chi connectivity index (χ1) is 9.49. The van der Waals surface area contributed by atoms with Crippen molar-refractivity contribution >= 4 is 21.6 Å². The minimum absolute atomic E-state index is 0.00246. The van der Waals surface area contributed by atoms with Crippen LogP contribution in [0.15, 0.2) is 28.7 Å². The average Bonchev–Trinajstić information content (AvgIpc) is 2.40. The first-order valence-electron chi connectivity index (χ1n) is 5.96. The van der Waals surface area contributed by atoms with Crippen LogP contribution in [-0.2, 0) is 6.42 Å². The van der Waals surface area contributed by atoms with Crippen LogP contribution in [0.4, 0.5) is 5.69 Å². The molecule has 0 unspecified atom stereocenters. The first-order valence-corrected chi connectivity index (χ1v) is 6.75. The lowest BCUT2D eigenvalue weighted by atomic mass is 10.3. The van der Waals surface area contributed by atoms with Gasteiger partial charge in [-0.05, 0) is 35.3 Å². The van der Waals surface area contributed by atoms with Gasteiger partial charge in [0, 0.05) is 23.9 Å². The van der Waals surface area contributed by atoms with Crippen molar-refractivity contribution in [1.29, 1.82) is 0 Å². The molecule has 0 N–H and O–H groups in total. The summed E-state index contributed by atoms with van der Waals surface area (Å²) in [5.41, 5.74) is 0.878. The molecule has 0 aliphatic carbocycles. The number of halogens is 1. The molecule has 0 amide bonds. The van der Waals surface area contributed by atoms with E-state index in [-0.39, 0.29) is 5.69 Å². The molecule has 0 saturated heterocycles. The van der Waals surface area contributed by atoms with E-state index in [0.717, 1.165) is 12.1 Å². The van der Waals surface area contributed by atoms with Gasteiger partial charge in [0.15, 0.2) is 0 Å². The summed E-state index contributed by atoms with van der Waals surface area (Å²) in [5, 5.41) is 10.7. The third-order valence-electron chi connectivity index (χ3n) is 2.57. The standard InChI is InChI=1S/C13H12BrN3O3/c1-3-9-6-13(16-8(2)15-9)20-12-5-4-10(17(18)19)7-11(12)14/h4-7H,3H2,1-2H3. The van der Waals surface area contributed by atoms with E-state index >= 15 is 0 Å². The zero-order valence-electron chi connectivity index (χ0n) is 11.0. The first kappa shape index (κ1) is 14.4. The predicted octanol–water partition coefficient (Wildman–Crippen LogP) is 3.81. The Morgan fingerprint density at radius 3 is 2.70 bits per heavy atom. The third-order valence-corrected chi connectivity index (χ3v) is 3.19. The fourth-order valence-corrected chi connectivity index (χ4v) is 2.08. The second kappa shape index (κ2) is 5.96. The summed E-state index contributed by atoms with van der Waals surface area (Å²) in [7, 11) is 0. The fourth-order valence-electron chi connectivity index (χ4n) is 1.63. The van der Waals surface area contributed by atoms with Crippen molar-refractivity contribution in [3.63, 3.8) is 0 Å². The van der Waals surface area contributed by atoms with Crippen LogP contribution in [0.2, 0.25) is 0 Å².